The summed E-state index contributed by atoms with van der Waals surface area (Å²) in [7, 11) is 0. The average Bonchev–Trinajstić information content (AvgIpc) is 2.42. The van der Waals surface area contributed by atoms with Gasteiger partial charge in [-0.3, -0.25) is 19.7 Å². The summed E-state index contributed by atoms with van der Waals surface area (Å²) in [5, 5.41) is 16.3. The second-order valence-electron chi connectivity index (χ2n) is 4.90. The predicted molar refractivity (Wildman–Crippen MR) is 78.0 cm³/mol. The molecule has 114 valence electrons. The lowest BCUT2D eigenvalue weighted by Gasteiger charge is -2.10. The van der Waals surface area contributed by atoms with Crippen molar-refractivity contribution in [3.63, 3.8) is 0 Å². The van der Waals surface area contributed by atoms with Gasteiger partial charge >= 0.3 is 0 Å². The maximum Gasteiger partial charge on any atom is 0.293 e. The van der Waals surface area contributed by atoms with Crippen LogP contribution in [0.1, 0.15) is 24.2 Å². The van der Waals surface area contributed by atoms with Crippen LogP contribution in [0.15, 0.2) is 18.2 Å². The lowest BCUT2D eigenvalue weighted by atomic mass is 10.1. The van der Waals surface area contributed by atoms with E-state index in [0.29, 0.717) is 12.5 Å². The number of benzene rings is 1. The topological polar surface area (TPSA) is 127 Å². The first kappa shape index (κ1) is 16.4. The molecule has 0 unspecified atom stereocenters. The number of nitrogens with zero attached hydrogens (tertiary/aromatic N) is 1. The summed E-state index contributed by atoms with van der Waals surface area (Å²) in [6.45, 7) is 4.36. The first-order chi connectivity index (χ1) is 9.81. The maximum atomic E-state index is 11.6. The summed E-state index contributed by atoms with van der Waals surface area (Å²) in [5.74, 6) is -0.700. The van der Waals surface area contributed by atoms with Crippen molar-refractivity contribution in [3.05, 3.63) is 33.9 Å². The Balaban J connectivity index is 2.77. The summed E-state index contributed by atoms with van der Waals surface area (Å²) in [4.78, 5) is 32.9. The second-order valence-corrected chi connectivity index (χ2v) is 4.90. The van der Waals surface area contributed by atoms with Gasteiger partial charge in [0.1, 0.15) is 5.69 Å². The number of nitrogens with two attached hydrogens (primary N) is 1. The first-order valence-corrected chi connectivity index (χ1v) is 6.40. The lowest BCUT2D eigenvalue weighted by molar-refractivity contribution is -0.384. The quantitative estimate of drug-likeness (QED) is 0.508. The van der Waals surface area contributed by atoms with Crippen LogP contribution in [0.2, 0.25) is 0 Å². The zero-order valence-corrected chi connectivity index (χ0v) is 11.9. The Kier molecular flexibility index (Phi) is 5.65. The van der Waals surface area contributed by atoms with Gasteiger partial charge in [-0.2, -0.15) is 0 Å². The number of nitro groups is 1. The molecule has 0 saturated carbocycles. The molecule has 0 heterocycles. The van der Waals surface area contributed by atoms with Gasteiger partial charge in [0.25, 0.3) is 5.69 Å². The number of carbonyl (C=O) groups is 2. The van der Waals surface area contributed by atoms with E-state index in [1.165, 1.54) is 12.1 Å². The molecule has 0 aliphatic carbocycles. The monoisotopic (exact) mass is 294 g/mol. The number of amides is 2. The Hall–Kier alpha value is -2.64. The molecule has 0 radical (unpaired) electrons. The summed E-state index contributed by atoms with van der Waals surface area (Å²) in [5.41, 5.74) is 4.97. The van der Waals surface area contributed by atoms with Crippen molar-refractivity contribution < 1.29 is 14.5 Å². The van der Waals surface area contributed by atoms with Crippen molar-refractivity contribution in [3.8, 4) is 0 Å². The fourth-order valence-electron chi connectivity index (χ4n) is 1.54. The number of rotatable bonds is 7. The number of nitro benzene ring substituents is 1. The normalized spacial score (nSPS) is 10.2. The average molecular weight is 294 g/mol. The SMILES string of the molecule is CC(C)CNC(=O)CNc1ccc(C(N)=O)cc1[N+](=O)[O-]. The molecule has 8 heteroatoms. The molecule has 0 atom stereocenters. The highest BCUT2D eigenvalue weighted by molar-refractivity contribution is 5.94. The number of anilines is 1. The molecule has 0 spiro atoms. The molecular weight excluding hydrogens is 276 g/mol. The van der Waals surface area contributed by atoms with Gasteiger partial charge in [-0.15, -0.1) is 0 Å². The maximum absolute atomic E-state index is 11.6. The third-order valence-corrected chi connectivity index (χ3v) is 2.63. The Labute approximate surface area is 121 Å². The molecule has 0 aliphatic heterocycles. The molecular formula is C13H18N4O4. The van der Waals surface area contributed by atoms with Crippen molar-refractivity contribution in [2.24, 2.45) is 11.7 Å². The third-order valence-electron chi connectivity index (χ3n) is 2.63. The van der Waals surface area contributed by atoms with Crippen LogP contribution in [0.25, 0.3) is 0 Å². The number of nitrogens with one attached hydrogen (secondary N) is 2. The fourth-order valence-corrected chi connectivity index (χ4v) is 1.54. The van der Waals surface area contributed by atoms with Crippen LogP contribution in [-0.2, 0) is 4.79 Å². The van der Waals surface area contributed by atoms with E-state index in [2.05, 4.69) is 10.6 Å². The summed E-state index contributed by atoms with van der Waals surface area (Å²) >= 11 is 0. The predicted octanol–water partition coefficient (Wildman–Crippen LogP) is 0.878. The van der Waals surface area contributed by atoms with E-state index in [9.17, 15) is 19.7 Å². The molecule has 4 N–H and O–H groups in total. The highest BCUT2D eigenvalue weighted by Gasteiger charge is 2.17. The highest BCUT2D eigenvalue weighted by atomic mass is 16.6. The molecule has 1 aromatic carbocycles. The van der Waals surface area contributed by atoms with E-state index in [-0.39, 0.29) is 29.4 Å². The van der Waals surface area contributed by atoms with Crippen LogP contribution >= 0.6 is 0 Å². The van der Waals surface area contributed by atoms with Crippen LogP contribution in [-0.4, -0.2) is 29.8 Å². The molecule has 0 fully saturated rings. The highest BCUT2D eigenvalue weighted by Crippen LogP contribution is 2.25. The number of primary amides is 1. The molecule has 1 aromatic rings. The van der Waals surface area contributed by atoms with Crippen molar-refractivity contribution in [2.45, 2.75) is 13.8 Å². The second kappa shape index (κ2) is 7.22. The summed E-state index contributed by atoms with van der Waals surface area (Å²) in [6.07, 6.45) is 0. The lowest BCUT2D eigenvalue weighted by Crippen LogP contribution is -2.32. The van der Waals surface area contributed by atoms with Crippen LogP contribution in [0.5, 0.6) is 0 Å². The molecule has 0 aromatic heterocycles. The molecule has 8 nitrogen and oxygen atoms in total. The minimum Gasteiger partial charge on any atom is -0.371 e. The van der Waals surface area contributed by atoms with E-state index < -0.39 is 10.8 Å². The molecule has 1 rings (SSSR count). The van der Waals surface area contributed by atoms with Gasteiger partial charge in [-0.1, -0.05) is 13.8 Å². The fraction of sp³-hybridized carbons (Fsp3) is 0.385. The minimum atomic E-state index is -0.751. The molecule has 0 saturated heterocycles. The number of carbonyl (C=O) groups excluding carboxylic acids is 2. The van der Waals surface area contributed by atoms with E-state index >= 15 is 0 Å². The van der Waals surface area contributed by atoms with Gasteiger partial charge in [0, 0.05) is 18.2 Å². The van der Waals surface area contributed by atoms with Crippen LogP contribution in [0.3, 0.4) is 0 Å². The van der Waals surface area contributed by atoms with Gasteiger partial charge in [-0.25, -0.2) is 0 Å². The Bertz CT molecular complexity index is 557. The zero-order chi connectivity index (χ0) is 16.0. The van der Waals surface area contributed by atoms with E-state index in [0.717, 1.165) is 6.07 Å². The molecule has 0 bridgehead atoms. The van der Waals surface area contributed by atoms with E-state index in [1.807, 2.05) is 13.8 Å². The smallest absolute Gasteiger partial charge is 0.293 e. The Morgan fingerprint density at radius 1 is 1.38 bits per heavy atom. The number of hydrogen-bond acceptors (Lipinski definition) is 5. The molecule has 2 amide bonds. The molecule has 0 aliphatic rings. The van der Waals surface area contributed by atoms with Gasteiger partial charge < -0.3 is 16.4 Å². The zero-order valence-electron chi connectivity index (χ0n) is 11.9. The standard InChI is InChI=1S/C13H18N4O4/c1-8(2)6-16-12(18)7-15-10-4-3-9(13(14)19)5-11(10)17(20)21/h3-5,8,15H,6-7H2,1-2H3,(H2,14,19)(H,16,18). The summed E-state index contributed by atoms with van der Waals surface area (Å²) < 4.78 is 0. The van der Waals surface area contributed by atoms with Gasteiger partial charge in [-0.05, 0) is 18.1 Å². The van der Waals surface area contributed by atoms with Crippen LogP contribution in [0, 0.1) is 16.0 Å². The van der Waals surface area contributed by atoms with E-state index in [1.54, 1.807) is 0 Å². The van der Waals surface area contributed by atoms with Crippen LogP contribution < -0.4 is 16.4 Å². The Morgan fingerprint density at radius 2 is 2.05 bits per heavy atom. The van der Waals surface area contributed by atoms with Gasteiger partial charge in [0.2, 0.25) is 11.8 Å². The van der Waals surface area contributed by atoms with E-state index in [4.69, 9.17) is 5.73 Å². The number of hydrogen-bond donors (Lipinski definition) is 3. The third kappa shape index (κ3) is 5.09. The minimum absolute atomic E-state index is 0.0384. The first-order valence-electron chi connectivity index (χ1n) is 6.40. The Morgan fingerprint density at radius 3 is 2.57 bits per heavy atom. The van der Waals surface area contributed by atoms with Crippen molar-refractivity contribution >= 4 is 23.2 Å². The van der Waals surface area contributed by atoms with Crippen LogP contribution in [0.4, 0.5) is 11.4 Å². The summed E-state index contributed by atoms with van der Waals surface area (Å²) in [6, 6.07) is 3.80. The van der Waals surface area contributed by atoms with Gasteiger partial charge in [0.05, 0.1) is 11.5 Å². The van der Waals surface area contributed by atoms with Crippen molar-refractivity contribution in [1.29, 1.82) is 0 Å². The van der Waals surface area contributed by atoms with Crippen molar-refractivity contribution in [2.75, 3.05) is 18.4 Å². The van der Waals surface area contributed by atoms with Crippen molar-refractivity contribution in [1.82, 2.24) is 5.32 Å². The molecule has 21 heavy (non-hydrogen) atoms. The van der Waals surface area contributed by atoms with Gasteiger partial charge in [0.15, 0.2) is 0 Å². The largest absolute Gasteiger partial charge is 0.371 e.